The molecule has 91 heavy (non-hydrogen) atoms. The van der Waals surface area contributed by atoms with Gasteiger partial charge in [0.05, 0.1) is 39.9 Å². The van der Waals surface area contributed by atoms with Crippen molar-refractivity contribution in [3.8, 4) is 0 Å². The van der Waals surface area contributed by atoms with E-state index in [-0.39, 0.29) is 19.1 Å². The number of amides is 1. The molecule has 0 aliphatic rings. The number of unbranched alkanes of at least 4 members (excludes halogenated alkanes) is 57. The molecule has 0 spiro atoms. The summed E-state index contributed by atoms with van der Waals surface area (Å²) in [6, 6.07) is -0.888. The molecule has 0 aromatic carbocycles. The molecule has 0 aromatic rings. The van der Waals surface area contributed by atoms with Gasteiger partial charge in [0, 0.05) is 6.42 Å². The molecule has 0 heterocycles. The second-order valence-corrected chi connectivity index (χ2v) is 30.5. The van der Waals surface area contributed by atoms with E-state index in [9.17, 15) is 19.4 Å². The molecule has 0 aliphatic heterocycles. The van der Waals surface area contributed by atoms with Crippen LogP contribution in [0, 0.1) is 0 Å². The lowest BCUT2D eigenvalue weighted by molar-refractivity contribution is -0.870. The molecule has 0 aliphatic carbocycles. The molecule has 0 saturated heterocycles. The molecule has 3 atom stereocenters. The molecule has 0 aromatic heterocycles. The molecule has 0 saturated carbocycles. The number of carbonyl (C=O) groups is 1. The lowest BCUT2D eigenvalue weighted by atomic mass is 10.0. The summed E-state index contributed by atoms with van der Waals surface area (Å²) in [5, 5.41) is 14.0. The van der Waals surface area contributed by atoms with E-state index in [2.05, 4.69) is 55.6 Å². The van der Waals surface area contributed by atoms with Gasteiger partial charge in [0.2, 0.25) is 5.91 Å². The van der Waals surface area contributed by atoms with E-state index < -0.39 is 20.0 Å². The molecule has 3 unspecified atom stereocenters. The van der Waals surface area contributed by atoms with Crippen LogP contribution in [0.1, 0.15) is 418 Å². The Bertz CT molecular complexity index is 1630. The van der Waals surface area contributed by atoms with Crippen molar-refractivity contribution in [3.63, 3.8) is 0 Å². The summed E-state index contributed by atoms with van der Waals surface area (Å²) in [7, 11) is 1.28. The van der Waals surface area contributed by atoms with Gasteiger partial charge in [0.15, 0.2) is 0 Å². The molecule has 0 fully saturated rings. The van der Waals surface area contributed by atoms with Gasteiger partial charge < -0.3 is 28.8 Å². The molecule has 1 amide bonds. The van der Waals surface area contributed by atoms with Crippen molar-refractivity contribution in [1.29, 1.82) is 0 Å². The maximum Gasteiger partial charge on any atom is 0.268 e. The number of allylic oxidation sites excluding steroid dienone is 7. The van der Waals surface area contributed by atoms with Crippen LogP contribution in [0.4, 0.5) is 0 Å². The van der Waals surface area contributed by atoms with Crippen LogP contribution in [0.3, 0.4) is 0 Å². The van der Waals surface area contributed by atoms with E-state index in [1.54, 1.807) is 6.08 Å². The van der Waals surface area contributed by atoms with E-state index in [0.717, 1.165) is 51.4 Å². The molecular weight excluding hydrogens is 1140 g/mol. The van der Waals surface area contributed by atoms with Gasteiger partial charge in [-0.15, -0.1) is 0 Å². The minimum absolute atomic E-state index is 0.00114. The molecule has 9 heteroatoms. The van der Waals surface area contributed by atoms with Crippen molar-refractivity contribution in [2.75, 3.05) is 40.9 Å². The Hall–Kier alpha value is -1.54. The Morgan fingerprint density at radius 1 is 0.385 bits per heavy atom. The highest BCUT2D eigenvalue weighted by Gasteiger charge is 2.23. The Morgan fingerprint density at radius 3 is 0.923 bits per heavy atom. The second-order valence-electron chi connectivity index (χ2n) is 29.1. The van der Waals surface area contributed by atoms with Gasteiger partial charge in [0.1, 0.15) is 13.2 Å². The number of carbonyl (C=O) groups excluding carboxylic acids is 1. The second kappa shape index (κ2) is 72.7. The van der Waals surface area contributed by atoms with E-state index in [0.29, 0.717) is 17.4 Å². The van der Waals surface area contributed by atoms with Crippen molar-refractivity contribution in [1.82, 2.24) is 5.32 Å². The Morgan fingerprint density at radius 2 is 0.637 bits per heavy atom. The van der Waals surface area contributed by atoms with Crippen LogP contribution in [-0.4, -0.2) is 68.5 Å². The number of phosphoric acid groups is 1. The fourth-order valence-corrected chi connectivity index (χ4v) is 13.2. The van der Waals surface area contributed by atoms with Gasteiger partial charge in [-0.3, -0.25) is 9.36 Å². The van der Waals surface area contributed by atoms with Crippen LogP contribution < -0.4 is 10.2 Å². The monoisotopic (exact) mass is 1300 g/mol. The van der Waals surface area contributed by atoms with Crippen molar-refractivity contribution in [3.05, 3.63) is 48.6 Å². The lowest BCUT2D eigenvalue weighted by Crippen LogP contribution is -2.45. The molecule has 0 rings (SSSR count). The normalized spacial score (nSPS) is 13.7. The molecule has 538 valence electrons. The van der Waals surface area contributed by atoms with E-state index in [1.807, 2.05) is 27.2 Å². The molecule has 8 nitrogen and oxygen atoms in total. The van der Waals surface area contributed by atoms with Gasteiger partial charge in [0.25, 0.3) is 7.82 Å². The van der Waals surface area contributed by atoms with E-state index >= 15 is 0 Å². The fraction of sp³-hybridized carbons (Fsp3) is 0.890. The quantitative estimate of drug-likeness (QED) is 0.0272. The van der Waals surface area contributed by atoms with Crippen LogP contribution >= 0.6 is 7.82 Å². The first-order valence-corrected chi connectivity index (χ1v) is 42.0. The number of aliphatic hydroxyl groups is 1. The van der Waals surface area contributed by atoms with Crippen LogP contribution in [0.15, 0.2) is 48.6 Å². The highest BCUT2D eigenvalue weighted by molar-refractivity contribution is 7.45. The zero-order chi connectivity index (χ0) is 66.2. The third-order valence-corrected chi connectivity index (χ3v) is 19.7. The van der Waals surface area contributed by atoms with Crippen LogP contribution in [0.2, 0.25) is 0 Å². The standard InChI is InChI=1S/C82H159N2O6P/c1-6-8-10-12-14-16-18-20-22-24-26-28-30-32-34-36-38-39-40-41-42-43-44-45-46-48-50-52-54-56-58-60-62-64-66-68-70-72-74-76-82(86)83-80(79-90-91(87,88)89-78-77-84(3,4)5)81(85)75-73-71-69-67-65-63-61-59-57-55-53-51-49-47-37-35-33-31-29-27-25-23-21-19-17-15-13-11-9-7-2/h18,20,24,26,30,32,73,75,80-81,85H,6-17,19,21-23,25,27-29,31,33-72,74,76-79H2,1-5H3,(H-,83,86,87,88)/b20-18-,26-24-,32-30-,75-73+. The fourth-order valence-electron chi connectivity index (χ4n) is 12.5. The summed E-state index contributed by atoms with van der Waals surface area (Å²) in [6.45, 7) is 4.70. The average molecular weight is 1300 g/mol. The number of quaternary nitrogens is 1. The average Bonchev–Trinajstić information content (AvgIpc) is 3.58. The lowest BCUT2D eigenvalue weighted by Gasteiger charge is -2.29. The number of nitrogens with one attached hydrogen (secondary N) is 1. The molecule has 0 radical (unpaired) electrons. The summed E-state index contributed by atoms with van der Waals surface area (Å²) in [5.41, 5.74) is 0. The number of phosphoric ester groups is 1. The predicted molar refractivity (Wildman–Crippen MR) is 399 cm³/mol. The van der Waals surface area contributed by atoms with Crippen LogP contribution in [0.5, 0.6) is 0 Å². The van der Waals surface area contributed by atoms with E-state index in [4.69, 9.17) is 9.05 Å². The number of aliphatic hydroxyl groups excluding tert-OH is 1. The number of hydrogen-bond acceptors (Lipinski definition) is 6. The minimum Gasteiger partial charge on any atom is -0.756 e. The number of nitrogens with zero attached hydrogens (tertiary/aromatic N) is 1. The first-order valence-electron chi connectivity index (χ1n) is 40.5. The molecule has 2 N–H and O–H groups in total. The topological polar surface area (TPSA) is 108 Å². The Balaban J connectivity index is 3.93. The van der Waals surface area contributed by atoms with Gasteiger partial charge >= 0.3 is 0 Å². The first kappa shape index (κ1) is 89.5. The minimum atomic E-state index is -4.61. The van der Waals surface area contributed by atoms with Crippen molar-refractivity contribution in [2.45, 2.75) is 431 Å². The Kier molecular flexibility index (Phi) is 71.5. The first-order chi connectivity index (χ1) is 44.5. The highest BCUT2D eigenvalue weighted by atomic mass is 31.2. The van der Waals surface area contributed by atoms with Crippen molar-refractivity contribution < 1.29 is 32.9 Å². The van der Waals surface area contributed by atoms with Gasteiger partial charge in [-0.2, -0.15) is 0 Å². The Labute approximate surface area is 569 Å². The smallest absolute Gasteiger partial charge is 0.268 e. The molecule has 0 bridgehead atoms. The highest BCUT2D eigenvalue weighted by Crippen LogP contribution is 2.38. The van der Waals surface area contributed by atoms with Gasteiger partial charge in [-0.05, 0) is 57.8 Å². The van der Waals surface area contributed by atoms with Crippen molar-refractivity contribution >= 4 is 13.7 Å². The van der Waals surface area contributed by atoms with Gasteiger partial charge in [-0.25, -0.2) is 0 Å². The maximum absolute atomic E-state index is 13.1. The maximum atomic E-state index is 13.1. The molecular formula is C82H159N2O6P. The third-order valence-electron chi connectivity index (χ3n) is 18.8. The van der Waals surface area contributed by atoms with Crippen molar-refractivity contribution in [2.24, 2.45) is 0 Å². The van der Waals surface area contributed by atoms with Crippen LogP contribution in [0.25, 0.3) is 0 Å². The number of likely N-dealkylation sites (N-methyl/N-ethyl adjacent to an activating group) is 1. The van der Waals surface area contributed by atoms with Crippen LogP contribution in [-0.2, 0) is 18.4 Å². The van der Waals surface area contributed by atoms with E-state index in [1.165, 1.54) is 347 Å². The zero-order valence-corrected chi connectivity index (χ0v) is 62.7. The number of rotatable bonds is 76. The summed E-state index contributed by atoms with van der Waals surface area (Å²) in [5.74, 6) is -0.188. The zero-order valence-electron chi connectivity index (χ0n) is 61.8. The largest absolute Gasteiger partial charge is 0.756 e. The summed E-state index contributed by atoms with van der Waals surface area (Å²) in [6.07, 6.45) is 100.0. The summed E-state index contributed by atoms with van der Waals surface area (Å²) in [4.78, 5) is 25.7. The predicted octanol–water partition coefficient (Wildman–Crippen LogP) is 25.9. The third kappa shape index (κ3) is 75.7. The summed E-state index contributed by atoms with van der Waals surface area (Å²) >= 11 is 0. The number of hydrogen-bond donors (Lipinski definition) is 2. The van der Waals surface area contributed by atoms with Gasteiger partial charge in [-0.1, -0.05) is 403 Å². The SMILES string of the molecule is CCCCCCC/C=C\C/C=C\C/C=C\CCCCCCCCCCCCCCCCCCCCCCCCCCC(=O)NC(COP(=O)([O-])OCC[N+](C)(C)C)C(O)/C=C/CCCCCCCCCCCCCCCCCCCCCCCCCCCCCC. The summed E-state index contributed by atoms with van der Waals surface area (Å²) < 4.78 is 23.5.